The molecule has 9 heteroatoms. The molecular formula is C26H25ClN4O4. The Bertz CT molecular complexity index is 1280. The minimum Gasteiger partial charge on any atom is -0.467 e. The van der Waals surface area contributed by atoms with Gasteiger partial charge in [0.1, 0.15) is 6.04 Å². The van der Waals surface area contributed by atoms with Crippen LogP contribution in [0.15, 0.2) is 60.8 Å². The highest BCUT2D eigenvalue weighted by Gasteiger charge is 2.38. The molecule has 2 heterocycles. The maximum atomic E-state index is 13.1. The highest BCUT2D eigenvalue weighted by Crippen LogP contribution is 2.31. The second kappa shape index (κ2) is 10.1. The highest BCUT2D eigenvalue weighted by molar-refractivity contribution is 6.33. The Balaban J connectivity index is 1.48. The van der Waals surface area contributed by atoms with E-state index in [1.807, 2.05) is 26.0 Å². The number of para-hydroxylation sites is 1. The first-order chi connectivity index (χ1) is 16.8. The number of esters is 1. The summed E-state index contributed by atoms with van der Waals surface area (Å²) in [5, 5.41) is 5.84. The molecule has 8 nitrogen and oxygen atoms in total. The molecule has 2 N–H and O–H groups in total. The quantitative estimate of drug-likeness (QED) is 0.460. The predicted octanol–water partition coefficient (Wildman–Crippen LogP) is 5.20. The van der Waals surface area contributed by atoms with Gasteiger partial charge in [-0.05, 0) is 41.8 Å². The van der Waals surface area contributed by atoms with Crippen LogP contribution in [-0.2, 0) is 16.1 Å². The number of methoxy groups -OCH3 is 1. The van der Waals surface area contributed by atoms with Crippen molar-refractivity contribution in [3.8, 4) is 11.3 Å². The fraction of sp³-hybridized carbons (Fsp3) is 0.231. The molecule has 4 rings (SSSR count). The Morgan fingerprint density at radius 3 is 2.51 bits per heavy atom. The zero-order valence-electron chi connectivity index (χ0n) is 19.5. The lowest BCUT2D eigenvalue weighted by Gasteiger charge is -2.28. The van der Waals surface area contributed by atoms with Crippen molar-refractivity contribution in [1.29, 1.82) is 0 Å². The maximum absolute atomic E-state index is 13.1. The number of halogens is 1. The van der Waals surface area contributed by atoms with Gasteiger partial charge in [0, 0.05) is 17.7 Å². The molecule has 3 amide bonds. The number of hydrogen-bond donors (Lipinski definition) is 2. The van der Waals surface area contributed by atoms with E-state index in [1.165, 1.54) is 13.3 Å². The highest BCUT2D eigenvalue weighted by atomic mass is 35.5. The Morgan fingerprint density at radius 2 is 1.86 bits per heavy atom. The number of pyridine rings is 1. The van der Waals surface area contributed by atoms with Crippen LogP contribution in [0.1, 0.15) is 29.8 Å². The number of benzene rings is 2. The Kier molecular flexibility index (Phi) is 7.02. The Hall–Kier alpha value is -3.91. The lowest BCUT2D eigenvalue weighted by molar-refractivity contribution is -0.147. The lowest BCUT2D eigenvalue weighted by Crippen LogP contribution is -2.45. The number of carbonyl (C=O) groups is 3. The minimum absolute atomic E-state index is 0.0861. The van der Waals surface area contributed by atoms with Gasteiger partial charge in [0.25, 0.3) is 5.91 Å². The fourth-order valence-electron chi connectivity index (χ4n) is 4.07. The molecule has 0 saturated heterocycles. The van der Waals surface area contributed by atoms with Crippen LogP contribution in [-0.4, -0.2) is 40.9 Å². The molecule has 1 aromatic heterocycles. The molecule has 0 bridgehead atoms. The van der Waals surface area contributed by atoms with Gasteiger partial charge in [0.15, 0.2) is 0 Å². The van der Waals surface area contributed by atoms with Crippen molar-refractivity contribution in [2.45, 2.75) is 26.4 Å². The van der Waals surface area contributed by atoms with Crippen molar-refractivity contribution in [2.24, 2.45) is 5.92 Å². The predicted molar refractivity (Wildman–Crippen MR) is 134 cm³/mol. The van der Waals surface area contributed by atoms with Gasteiger partial charge < -0.3 is 20.3 Å². The van der Waals surface area contributed by atoms with E-state index in [2.05, 4.69) is 15.6 Å². The van der Waals surface area contributed by atoms with Crippen LogP contribution in [0.3, 0.4) is 0 Å². The number of ether oxygens (including phenoxy) is 1. The third-order valence-corrected chi connectivity index (χ3v) is 6.12. The van der Waals surface area contributed by atoms with Gasteiger partial charge in [-0.15, -0.1) is 0 Å². The fourth-order valence-corrected chi connectivity index (χ4v) is 4.26. The molecule has 1 atom stereocenters. The van der Waals surface area contributed by atoms with Crippen LogP contribution < -0.4 is 10.6 Å². The Morgan fingerprint density at radius 1 is 1.09 bits per heavy atom. The summed E-state index contributed by atoms with van der Waals surface area (Å²) in [5.41, 5.74) is 3.79. The zero-order valence-corrected chi connectivity index (χ0v) is 20.3. The summed E-state index contributed by atoms with van der Waals surface area (Å²) in [7, 11) is 1.33. The molecule has 180 valence electrons. The average molecular weight is 493 g/mol. The van der Waals surface area contributed by atoms with Gasteiger partial charge in [-0.1, -0.05) is 49.7 Å². The largest absolute Gasteiger partial charge is 0.467 e. The van der Waals surface area contributed by atoms with Gasteiger partial charge >= 0.3 is 12.0 Å². The van der Waals surface area contributed by atoms with Crippen molar-refractivity contribution in [3.63, 3.8) is 0 Å². The first-order valence-electron chi connectivity index (χ1n) is 11.1. The number of aromatic nitrogens is 1. The average Bonchev–Trinajstić information content (AvgIpc) is 3.16. The monoisotopic (exact) mass is 492 g/mol. The third kappa shape index (κ3) is 5.12. The van der Waals surface area contributed by atoms with Crippen molar-refractivity contribution in [2.75, 3.05) is 17.7 Å². The van der Waals surface area contributed by atoms with E-state index in [4.69, 9.17) is 16.3 Å². The van der Waals surface area contributed by atoms with Crippen molar-refractivity contribution < 1.29 is 19.1 Å². The van der Waals surface area contributed by atoms with E-state index in [0.717, 1.165) is 11.1 Å². The first kappa shape index (κ1) is 24.2. The van der Waals surface area contributed by atoms with Crippen LogP contribution in [0, 0.1) is 5.92 Å². The SMILES string of the molecule is COC(=O)C(C(C)C)N1Cc2ccc(-c3ccc(NC(=O)Nc4ccccc4Cl)cn3)cc2C1=O. The van der Waals surface area contributed by atoms with Gasteiger partial charge in [0.2, 0.25) is 0 Å². The lowest BCUT2D eigenvalue weighted by atomic mass is 10.0. The van der Waals surface area contributed by atoms with Crippen LogP contribution >= 0.6 is 11.6 Å². The number of urea groups is 1. The summed E-state index contributed by atoms with van der Waals surface area (Å²) in [6.45, 7) is 4.12. The molecule has 3 aromatic rings. The number of nitrogens with one attached hydrogen (secondary N) is 2. The molecule has 0 aliphatic carbocycles. The van der Waals surface area contributed by atoms with Crippen molar-refractivity contribution >= 4 is 40.9 Å². The van der Waals surface area contributed by atoms with Crippen LogP contribution in [0.2, 0.25) is 5.02 Å². The molecule has 1 aliphatic heterocycles. The first-order valence-corrected chi connectivity index (χ1v) is 11.5. The second-order valence-electron chi connectivity index (χ2n) is 8.51. The molecule has 1 unspecified atom stereocenters. The smallest absolute Gasteiger partial charge is 0.328 e. The van der Waals surface area contributed by atoms with Crippen molar-refractivity contribution in [3.05, 3.63) is 76.9 Å². The van der Waals surface area contributed by atoms with Gasteiger partial charge in [-0.3, -0.25) is 9.78 Å². The number of nitrogens with zero attached hydrogens (tertiary/aromatic N) is 2. The molecular weight excluding hydrogens is 468 g/mol. The summed E-state index contributed by atoms with van der Waals surface area (Å²) in [5.74, 6) is -0.720. The number of rotatable bonds is 6. The van der Waals surface area contributed by atoms with E-state index < -0.39 is 18.0 Å². The van der Waals surface area contributed by atoms with Gasteiger partial charge in [-0.25, -0.2) is 9.59 Å². The molecule has 35 heavy (non-hydrogen) atoms. The maximum Gasteiger partial charge on any atom is 0.328 e. The topological polar surface area (TPSA) is 101 Å². The molecule has 2 aromatic carbocycles. The van der Waals surface area contributed by atoms with Gasteiger partial charge in [0.05, 0.1) is 35.4 Å². The van der Waals surface area contributed by atoms with Crippen LogP contribution in [0.5, 0.6) is 0 Å². The summed E-state index contributed by atoms with van der Waals surface area (Å²) in [6.07, 6.45) is 1.54. The number of hydrogen-bond acceptors (Lipinski definition) is 5. The Labute approximate surface area is 208 Å². The number of carbonyl (C=O) groups excluding carboxylic acids is 3. The molecule has 0 radical (unpaired) electrons. The van der Waals surface area contributed by atoms with Gasteiger partial charge in [-0.2, -0.15) is 0 Å². The zero-order chi connectivity index (χ0) is 25.1. The van der Waals surface area contributed by atoms with Crippen LogP contribution in [0.4, 0.5) is 16.2 Å². The second-order valence-corrected chi connectivity index (χ2v) is 8.92. The molecule has 1 aliphatic rings. The number of anilines is 2. The van der Waals surface area contributed by atoms with E-state index in [-0.39, 0.29) is 11.8 Å². The van der Waals surface area contributed by atoms with E-state index in [9.17, 15) is 14.4 Å². The molecule has 0 spiro atoms. The molecule has 0 saturated carbocycles. The summed E-state index contributed by atoms with van der Waals surface area (Å²) >= 11 is 6.07. The minimum atomic E-state index is -0.649. The summed E-state index contributed by atoms with van der Waals surface area (Å²) < 4.78 is 4.92. The third-order valence-electron chi connectivity index (χ3n) is 5.79. The van der Waals surface area contributed by atoms with E-state index in [1.54, 1.807) is 47.4 Å². The summed E-state index contributed by atoms with van der Waals surface area (Å²) in [6, 6.07) is 14.9. The van der Waals surface area contributed by atoms with E-state index in [0.29, 0.717) is 34.2 Å². The number of fused-ring (bicyclic) bond motifs is 1. The van der Waals surface area contributed by atoms with Crippen molar-refractivity contribution in [1.82, 2.24) is 9.88 Å². The van der Waals surface area contributed by atoms with E-state index >= 15 is 0 Å². The summed E-state index contributed by atoms with van der Waals surface area (Å²) in [4.78, 5) is 43.7. The standard InChI is InChI=1S/C26H25ClN4O4/c1-15(2)23(25(33)35-3)31-14-17-9-8-16(12-19(17)24(31)32)21-11-10-18(13-28-21)29-26(34)30-22-7-5-4-6-20(22)27/h4-13,15,23H,14H2,1-3H3,(H2,29,30,34). The van der Waals surface area contributed by atoms with Crippen LogP contribution in [0.25, 0.3) is 11.3 Å². The normalized spacial score (nSPS) is 13.4. The molecule has 0 fully saturated rings. The number of amides is 3.